The molecule has 0 fully saturated rings. The highest BCUT2D eigenvalue weighted by Crippen LogP contribution is 2.05. The molecule has 0 aromatic rings. The molecule has 62 valence electrons. The van der Waals surface area contributed by atoms with Crippen LogP contribution >= 0.6 is 0 Å². The van der Waals surface area contributed by atoms with Gasteiger partial charge < -0.3 is 9.69 Å². The number of rotatable bonds is 3. The molecule has 0 N–H and O–H groups in total. The average Bonchev–Trinajstić information content (AvgIpc) is 1.88. The van der Waals surface area contributed by atoms with Crippen LogP contribution in [0.3, 0.4) is 0 Å². The number of carbonyl (C=O) groups excluding carboxylic acids is 2. The molecule has 0 saturated carbocycles. The molecule has 0 bridgehead atoms. The number of likely N-dealkylation sites (N-methyl/N-ethyl adjacent to an activating group) is 1. The quantitative estimate of drug-likeness (QED) is 0.421. The van der Waals surface area contributed by atoms with E-state index in [9.17, 15) is 9.59 Å². The maximum Gasteiger partial charge on any atom is 0.215 e. The maximum atomic E-state index is 10.8. The molecule has 3 nitrogen and oxygen atoms in total. The zero-order valence-electron chi connectivity index (χ0n) is 7.50. The normalized spacial score (nSPS) is 12.7. The molecule has 1 atom stereocenters. The van der Waals surface area contributed by atoms with Gasteiger partial charge in [-0.1, -0.05) is 13.8 Å². The molecule has 0 aliphatic carbocycles. The van der Waals surface area contributed by atoms with Crippen LogP contribution in [-0.2, 0) is 4.79 Å². The molecule has 11 heavy (non-hydrogen) atoms. The predicted molar refractivity (Wildman–Crippen MR) is 46.4 cm³/mol. The Kier molecular flexibility index (Phi) is 3.86. The highest BCUT2D eigenvalue weighted by Gasteiger charge is 2.18. The predicted octanol–water partition coefficient (Wildman–Crippen LogP) is -0.105. The van der Waals surface area contributed by atoms with Crippen molar-refractivity contribution in [2.24, 2.45) is 5.92 Å². The first-order valence-corrected chi connectivity index (χ1v) is 3.69. The van der Waals surface area contributed by atoms with Gasteiger partial charge in [0.05, 0.1) is 6.04 Å². The van der Waals surface area contributed by atoms with Crippen LogP contribution in [0.25, 0.3) is 0 Å². The van der Waals surface area contributed by atoms with Gasteiger partial charge in [0, 0.05) is 7.05 Å². The van der Waals surface area contributed by atoms with Crippen molar-refractivity contribution in [3.63, 3.8) is 0 Å². The van der Waals surface area contributed by atoms with Crippen LogP contribution in [0.1, 0.15) is 13.8 Å². The summed E-state index contributed by atoms with van der Waals surface area (Å²) in [6, 6.07) is -0.285. The molecule has 0 radical (unpaired) electrons. The summed E-state index contributed by atoms with van der Waals surface area (Å²) in [5, 5.41) is 0. The number of hydrogen-bond donors (Lipinski definition) is 0. The number of hydrogen-bond acceptors (Lipinski definition) is 2. The first-order chi connectivity index (χ1) is 5.00. The van der Waals surface area contributed by atoms with Gasteiger partial charge in [0.2, 0.25) is 7.85 Å². The van der Waals surface area contributed by atoms with E-state index >= 15 is 0 Å². The van der Waals surface area contributed by atoms with Gasteiger partial charge in [0.25, 0.3) is 0 Å². The molecule has 0 aliphatic rings. The molecule has 0 aromatic heterocycles. The molecule has 0 saturated heterocycles. The van der Waals surface area contributed by atoms with Crippen LogP contribution in [0, 0.1) is 5.92 Å². The van der Waals surface area contributed by atoms with Crippen LogP contribution in [0.4, 0.5) is 4.79 Å². The monoisotopic (exact) mass is 155 g/mol. The number of carbonyl (C=O) groups is 2. The summed E-state index contributed by atoms with van der Waals surface area (Å²) in [4.78, 5) is 22.8. The third-order valence-corrected chi connectivity index (χ3v) is 1.77. The van der Waals surface area contributed by atoms with Gasteiger partial charge in [-0.2, -0.15) is 0 Å². The van der Waals surface area contributed by atoms with Crippen molar-refractivity contribution in [3.8, 4) is 0 Å². The van der Waals surface area contributed by atoms with Crippen LogP contribution in [0.15, 0.2) is 0 Å². The van der Waals surface area contributed by atoms with Crippen LogP contribution in [0.2, 0.25) is 0 Å². The molecule has 0 unspecified atom stereocenters. The summed E-state index contributed by atoms with van der Waals surface area (Å²) in [6.45, 7) is 3.83. The number of aldehydes is 1. The van der Waals surface area contributed by atoms with Gasteiger partial charge >= 0.3 is 0 Å². The van der Waals surface area contributed by atoms with E-state index in [1.165, 1.54) is 12.7 Å². The molecular formula is C7H14BNO2. The topological polar surface area (TPSA) is 37.4 Å². The van der Waals surface area contributed by atoms with E-state index in [-0.39, 0.29) is 17.8 Å². The summed E-state index contributed by atoms with van der Waals surface area (Å²) >= 11 is 0. The van der Waals surface area contributed by atoms with Gasteiger partial charge in [0.15, 0.2) is 5.81 Å². The van der Waals surface area contributed by atoms with E-state index in [4.69, 9.17) is 0 Å². The van der Waals surface area contributed by atoms with E-state index in [1.807, 2.05) is 13.8 Å². The Balaban J connectivity index is 4.25. The number of amides is 1. The summed E-state index contributed by atoms with van der Waals surface area (Å²) in [5.41, 5.74) is 0. The van der Waals surface area contributed by atoms with Crippen molar-refractivity contribution < 1.29 is 9.59 Å². The standard InChI is InChI=1S/C7H14BNO2/c1-5(2)6(4-10)9(3)7(8)11/h4-6H,8H2,1-3H3/t6-/m1/s1. The molecule has 4 heteroatoms. The van der Waals surface area contributed by atoms with E-state index in [0.717, 1.165) is 6.29 Å². The van der Waals surface area contributed by atoms with Gasteiger partial charge in [-0.15, -0.1) is 0 Å². The third kappa shape index (κ3) is 2.74. The Labute approximate surface area is 68.2 Å². The molecule has 0 rings (SSSR count). The Morgan fingerprint density at radius 1 is 1.55 bits per heavy atom. The van der Waals surface area contributed by atoms with Crippen molar-refractivity contribution in [3.05, 3.63) is 0 Å². The minimum atomic E-state index is -0.285. The van der Waals surface area contributed by atoms with Crippen LogP contribution in [-0.4, -0.2) is 37.9 Å². The van der Waals surface area contributed by atoms with E-state index in [2.05, 4.69) is 0 Å². The van der Waals surface area contributed by atoms with Crippen molar-refractivity contribution in [1.29, 1.82) is 0 Å². The fraction of sp³-hybridized carbons (Fsp3) is 0.714. The van der Waals surface area contributed by atoms with Gasteiger partial charge in [0.1, 0.15) is 6.29 Å². The molecule has 0 aromatic carbocycles. The van der Waals surface area contributed by atoms with Gasteiger partial charge in [-0.25, -0.2) is 0 Å². The summed E-state index contributed by atoms with van der Waals surface area (Å²) < 4.78 is 0. The Morgan fingerprint density at radius 2 is 2.00 bits per heavy atom. The first kappa shape index (κ1) is 10.2. The molecule has 1 amide bonds. The lowest BCUT2D eigenvalue weighted by molar-refractivity contribution is -0.112. The van der Waals surface area contributed by atoms with Gasteiger partial charge in [-0.3, -0.25) is 4.79 Å². The lowest BCUT2D eigenvalue weighted by Gasteiger charge is -2.25. The lowest BCUT2D eigenvalue weighted by Crippen LogP contribution is -2.40. The first-order valence-electron chi connectivity index (χ1n) is 3.69. The smallest absolute Gasteiger partial charge is 0.215 e. The van der Waals surface area contributed by atoms with Crippen LogP contribution in [0.5, 0.6) is 0 Å². The minimum absolute atomic E-state index is 0.0733. The molecule has 0 aliphatic heterocycles. The Morgan fingerprint density at radius 3 is 2.09 bits per heavy atom. The summed E-state index contributed by atoms with van der Waals surface area (Å²) in [7, 11) is 3.10. The minimum Gasteiger partial charge on any atom is -0.345 e. The summed E-state index contributed by atoms with van der Waals surface area (Å²) in [6.07, 6.45) is 0.812. The van der Waals surface area contributed by atoms with Gasteiger partial charge in [-0.05, 0) is 5.92 Å². The largest absolute Gasteiger partial charge is 0.345 e. The fourth-order valence-corrected chi connectivity index (χ4v) is 0.906. The summed E-state index contributed by atoms with van der Waals surface area (Å²) in [5.74, 6) is 0.109. The highest BCUT2D eigenvalue weighted by atomic mass is 16.2. The third-order valence-electron chi connectivity index (χ3n) is 1.77. The molecule has 0 heterocycles. The molecule has 0 spiro atoms. The second-order valence-electron chi connectivity index (χ2n) is 3.00. The zero-order chi connectivity index (χ0) is 9.02. The lowest BCUT2D eigenvalue weighted by atomic mass is 10.0. The van der Waals surface area contributed by atoms with Crippen LogP contribution < -0.4 is 0 Å². The maximum absolute atomic E-state index is 10.8. The van der Waals surface area contributed by atoms with Crippen molar-refractivity contribution in [2.45, 2.75) is 19.9 Å². The second kappa shape index (κ2) is 4.16. The highest BCUT2D eigenvalue weighted by molar-refractivity contribution is 6.57. The van der Waals surface area contributed by atoms with Crippen molar-refractivity contribution in [2.75, 3.05) is 7.05 Å². The second-order valence-corrected chi connectivity index (χ2v) is 3.00. The van der Waals surface area contributed by atoms with E-state index < -0.39 is 0 Å². The zero-order valence-corrected chi connectivity index (χ0v) is 7.50. The van der Waals surface area contributed by atoms with E-state index in [0.29, 0.717) is 0 Å². The van der Waals surface area contributed by atoms with E-state index in [1.54, 1.807) is 7.05 Å². The Bertz CT molecular complexity index is 159. The SMILES string of the molecule is BC(=O)N(C)[C@H](C=O)C(C)C. The fourth-order valence-electron chi connectivity index (χ4n) is 0.906. The van der Waals surface area contributed by atoms with Crippen molar-refractivity contribution >= 4 is 19.9 Å². The average molecular weight is 155 g/mol. The number of nitrogens with zero attached hydrogens (tertiary/aromatic N) is 1. The molecular weight excluding hydrogens is 141 g/mol. The van der Waals surface area contributed by atoms with Crippen molar-refractivity contribution in [1.82, 2.24) is 4.90 Å². The Hall–Kier alpha value is -0.795.